The molecule has 0 fully saturated rings. The quantitative estimate of drug-likeness (QED) is 0.235. The van der Waals surface area contributed by atoms with Crippen LogP contribution in [0.25, 0.3) is 0 Å². The van der Waals surface area contributed by atoms with Gasteiger partial charge in [-0.25, -0.2) is 11.7 Å². The van der Waals surface area contributed by atoms with Gasteiger partial charge in [0.2, 0.25) is 0 Å². The van der Waals surface area contributed by atoms with E-state index in [9.17, 15) is 9.59 Å². The highest BCUT2D eigenvalue weighted by Crippen LogP contribution is 2.24. The maximum absolute atomic E-state index is 11.1. The fourth-order valence-corrected chi connectivity index (χ4v) is 2.13. The Bertz CT molecular complexity index is 250. The van der Waals surface area contributed by atoms with Crippen LogP contribution in [0.4, 0.5) is 0 Å². The lowest BCUT2D eigenvalue weighted by Gasteiger charge is -2.02. The summed E-state index contributed by atoms with van der Waals surface area (Å²) in [6.07, 6.45) is 0. The molecule has 0 aliphatic carbocycles. The molecular formula is C6H10N4O2S. The summed E-state index contributed by atoms with van der Waals surface area (Å²) in [5, 5.41) is 0. The monoisotopic (exact) mass is 202 g/mol. The van der Waals surface area contributed by atoms with E-state index in [1.807, 2.05) is 10.9 Å². The van der Waals surface area contributed by atoms with Crippen LogP contribution >= 0.6 is 11.8 Å². The molecule has 0 bridgehead atoms. The molecule has 13 heavy (non-hydrogen) atoms. The highest BCUT2D eigenvalue weighted by Gasteiger charge is 2.24. The van der Waals surface area contributed by atoms with Crippen molar-refractivity contribution in [3.8, 4) is 0 Å². The molecule has 7 heteroatoms. The van der Waals surface area contributed by atoms with Gasteiger partial charge in [-0.05, 0) is 0 Å². The first-order chi connectivity index (χ1) is 6.20. The maximum atomic E-state index is 11.1. The van der Waals surface area contributed by atoms with Crippen LogP contribution in [0.15, 0.2) is 11.1 Å². The van der Waals surface area contributed by atoms with E-state index in [0.29, 0.717) is 22.7 Å². The number of nitrogens with one attached hydrogen (secondary N) is 2. The van der Waals surface area contributed by atoms with Crippen molar-refractivity contribution in [1.29, 1.82) is 0 Å². The smallest absolute Gasteiger partial charge is 0.262 e. The van der Waals surface area contributed by atoms with Crippen molar-refractivity contribution in [2.45, 2.75) is 0 Å². The molecule has 1 rings (SSSR count). The molecule has 1 aliphatic rings. The molecule has 0 unspecified atom stereocenters. The third-order valence-electron chi connectivity index (χ3n) is 1.67. The minimum absolute atomic E-state index is 0.399. The topological polar surface area (TPSA) is 110 Å². The van der Waals surface area contributed by atoms with Crippen LogP contribution in [0.2, 0.25) is 0 Å². The van der Waals surface area contributed by atoms with E-state index in [1.165, 1.54) is 11.8 Å². The first-order valence-electron chi connectivity index (χ1n) is 3.52. The summed E-state index contributed by atoms with van der Waals surface area (Å²) in [5.41, 5.74) is 4.77. The van der Waals surface area contributed by atoms with Crippen LogP contribution in [0.5, 0.6) is 0 Å². The Morgan fingerprint density at radius 3 is 1.77 bits per heavy atom. The zero-order chi connectivity index (χ0) is 9.84. The molecule has 0 atom stereocenters. The molecule has 1 aliphatic heterocycles. The predicted octanol–water partition coefficient (Wildman–Crippen LogP) is -1.99. The lowest BCUT2D eigenvalue weighted by Crippen LogP contribution is -2.36. The molecule has 0 spiro atoms. The Kier molecular flexibility index (Phi) is 3.29. The molecule has 0 radical (unpaired) electrons. The summed E-state index contributed by atoms with van der Waals surface area (Å²) in [4.78, 5) is 22.2. The number of hydrazine groups is 2. The van der Waals surface area contributed by atoms with E-state index < -0.39 is 11.8 Å². The minimum Gasteiger partial charge on any atom is -0.290 e. The van der Waals surface area contributed by atoms with E-state index in [-0.39, 0.29) is 0 Å². The highest BCUT2D eigenvalue weighted by molar-refractivity contribution is 8.00. The molecule has 0 aromatic heterocycles. The SMILES string of the molecule is NNC(=O)C1=C(C(=O)NN)CSC1. The lowest BCUT2D eigenvalue weighted by molar-refractivity contribution is -0.120. The third kappa shape index (κ3) is 2.00. The third-order valence-corrected chi connectivity index (χ3v) is 2.65. The second-order valence-electron chi connectivity index (χ2n) is 2.40. The second kappa shape index (κ2) is 4.26. The Labute approximate surface area is 79.0 Å². The number of hydrogen-bond acceptors (Lipinski definition) is 5. The van der Waals surface area contributed by atoms with Crippen molar-refractivity contribution in [2.24, 2.45) is 11.7 Å². The summed E-state index contributed by atoms with van der Waals surface area (Å²) in [5.74, 6) is 10.0. The van der Waals surface area contributed by atoms with Gasteiger partial charge in [-0.1, -0.05) is 0 Å². The standard InChI is InChI=1S/C6H10N4O2S/c7-9-5(11)3-1-13-2-4(3)6(12)10-8/h1-2,7-8H2,(H,9,11)(H,10,12). The van der Waals surface area contributed by atoms with Crippen molar-refractivity contribution < 1.29 is 9.59 Å². The fourth-order valence-electron chi connectivity index (χ4n) is 1.01. The van der Waals surface area contributed by atoms with Crippen molar-refractivity contribution in [1.82, 2.24) is 10.9 Å². The number of carbonyl (C=O) groups is 2. The largest absolute Gasteiger partial charge is 0.290 e. The fraction of sp³-hybridized carbons (Fsp3) is 0.333. The van der Waals surface area contributed by atoms with E-state index >= 15 is 0 Å². The second-order valence-corrected chi connectivity index (χ2v) is 3.38. The van der Waals surface area contributed by atoms with E-state index in [4.69, 9.17) is 11.7 Å². The first kappa shape index (κ1) is 10.0. The Morgan fingerprint density at radius 2 is 1.46 bits per heavy atom. The molecular weight excluding hydrogens is 192 g/mol. The van der Waals surface area contributed by atoms with Gasteiger partial charge in [0.1, 0.15) is 0 Å². The van der Waals surface area contributed by atoms with Crippen LogP contribution in [0.1, 0.15) is 0 Å². The van der Waals surface area contributed by atoms with Crippen LogP contribution < -0.4 is 22.5 Å². The normalized spacial score (nSPS) is 15.8. The molecule has 6 nitrogen and oxygen atoms in total. The summed E-state index contributed by atoms with van der Waals surface area (Å²) < 4.78 is 0. The molecule has 0 aromatic rings. The molecule has 0 saturated heterocycles. The van der Waals surface area contributed by atoms with Gasteiger partial charge >= 0.3 is 0 Å². The van der Waals surface area contributed by atoms with Gasteiger partial charge in [0.05, 0.1) is 0 Å². The molecule has 72 valence electrons. The lowest BCUT2D eigenvalue weighted by atomic mass is 10.1. The highest BCUT2D eigenvalue weighted by atomic mass is 32.2. The molecule has 1 heterocycles. The van der Waals surface area contributed by atoms with Gasteiger partial charge in [-0.2, -0.15) is 11.8 Å². The van der Waals surface area contributed by atoms with Crippen LogP contribution in [-0.4, -0.2) is 23.3 Å². The number of carbonyl (C=O) groups excluding carboxylic acids is 2. The van der Waals surface area contributed by atoms with Gasteiger partial charge in [-0.3, -0.25) is 20.4 Å². The molecule has 0 aromatic carbocycles. The Hall–Kier alpha value is -1.05. The van der Waals surface area contributed by atoms with E-state index in [2.05, 4.69) is 0 Å². The average molecular weight is 202 g/mol. The van der Waals surface area contributed by atoms with Crippen molar-refractivity contribution in [3.05, 3.63) is 11.1 Å². The van der Waals surface area contributed by atoms with Crippen LogP contribution in [0.3, 0.4) is 0 Å². The van der Waals surface area contributed by atoms with Crippen LogP contribution in [0, 0.1) is 0 Å². The van der Waals surface area contributed by atoms with Crippen LogP contribution in [-0.2, 0) is 9.59 Å². The maximum Gasteiger partial charge on any atom is 0.262 e. The number of nitrogens with two attached hydrogens (primary N) is 2. The van der Waals surface area contributed by atoms with E-state index in [0.717, 1.165) is 0 Å². The molecule has 0 saturated carbocycles. The minimum atomic E-state index is -0.427. The summed E-state index contributed by atoms with van der Waals surface area (Å²) in [6, 6.07) is 0. The van der Waals surface area contributed by atoms with Gasteiger partial charge in [0.25, 0.3) is 11.8 Å². The first-order valence-corrected chi connectivity index (χ1v) is 4.67. The zero-order valence-corrected chi connectivity index (χ0v) is 7.61. The van der Waals surface area contributed by atoms with Gasteiger partial charge in [-0.15, -0.1) is 0 Å². The average Bonchev–Trinajstić information content (AvgIpc) is 2.63. The van der Waals surface area contributed by atoms with Crippen molar-refractivity contribution in [3.63, 3.8) is 0 Å². The molecule has 6 N–H and O–H groups in total. The van der Waals surface area contributed by atoms with Crippen molar-refractivity contribution in [2.75, 3.05) is 11.5 Å². The number of amides is 2. The van der Waals surface area contributed by atoms with Gasteiger partial charge < -0.3 is 0 Å². The van der Waals surface area contributed by atoms with E-state index in [1.54, 1.807) is 0 Å². The molecule has 2 amide bonds. The Morgan fingerprint density at radius 1 is 1.08 bits per heavy atom. The number of thioether (sulfide) groups is 1. The van der Waals surface area contributed by atoms with Gasteiger partial charge in [0, 0.05) is 22.7 Å². The van der Waals surface area contributed by atoms with Gasteiger partial charge in [0.15, 0.2) is 0 Å². The zero-order valence-electron chi connectivity index (χ0n) is 6.79. The predicted molar refractivity (Wildman–Crippen MR) is 49.0 cm³/mol. The summed E-state index contributed by atoms with van der Waals surface area (Å²) in [7, 11) is 0. The number of rotatable bonds is 2. The Balaban J connectivity index is 2.89. The summed E-state index contributed by atoms with van der Waals surface area (Å²) >= 11 is 1.47. The summed E-state index contributed by atoms with van der Waals surface area (Å²) in [6.45, 7) is 0. The van der Waals surface area contributed by atoms with Crippen molar-refractivity contribution >= 4 is 23.6 Å². The number of hydrogen-bond donors (Lipinski definition) is 4.